The average molecular weight is 316 g/mol. The summed E-state index contributed by atoms with van der Waals surface area (Å²) >= 11 is 0. The van der Waals surface area contributed by atoms with E-state index in [0.717, 1.165) is 0 Å². The highest BCUT2D eigenvalue weighted by atomic mass is 32.2. The molecule has 0 saturated heterocycles. The van der Waals surface area contributed by atoms with Crippen molar-refractivity contribution < 1.29 is 23.1 Å². The number of sulfonamides is 1. The average Bonchev–Trinajstić information content (AvgIpc) is 2.43. The van der Waals surface area contributed by atoms with Crippen LogP contribution in [0.25, 0.3) is 0 Å². The van der Waals surface area contributed by atoms with Crippen LogP contribution in [0.2, 0.25) is 0 Å². The predicted molar refractivity (Wildman–Crippen MR) is 79.0 cm³/mol. The molecule has 7 nitrogen and oxygen atoms in total. The van der Waals surface area contributed by atoms with Crippen molar-refractivity contribution in [3.63, 3.8) is 0 Å². The van der Waals surface area contributed by atoms with Gasteiger partial charge in [-0.05, 0) is 12.1 Å². The van der Waals surface area contributed by atoms with Crippen LogP contribution in [0.5, 0.6) is 0 Å². The minimum atomic E-state index is -3.67. The minimum absolute atomic E-state index is 0.0594. The van der Waals surface area contributed by atoms with E-state index in [4.69, 9.17) is 9.84 Å². The van der Waals surface area contributed by atoms with Crippen molar-refractivity contribution in [2.45, 2.75) is 11.8 Å². The molecule has 0 saturated carbocycles. The van der Waals surface area contributed by atoms with Gasteiger partial charge in [-0.3, -0.25) is 4.79 Å². The quantitative estimate of drug-likeness (QED) is 0.689. The molecule has 2 N–H and O–H groups in total. The van der Waals surface area contributed by atoms with E-state index in [-0.39, 0.29) is 24.5 Å². The Balaban J connectivity index is 3.22. The van der Waals surface area contributed by atoms with Crippen LogP contribution in [-0.2, 0) is 19.6 Å². The van der Waals surface area contributed by atoms with E-state index in [1.54, 1.807) is 25.1 Å². The van der Waals surface area contributed by atoms with E-state index < -0.39 is 16.0 Å². The molecule has 0 radical (unpaired) electrons. The maximum absolute atomic E-state index is 12.2. The zero-order chi connectivity index (χ0) is 15.9. The molecule has 21 heavy (non-hydrogen) atoms. The molecule has 0 spiro atoms. The molecule has 0 aliphatic carbocycles. The molecule has 0 atom stereocenters. The summed E-state index contributed by atoms with van der Waals surface area (Å²) in [5.41, 5.74) is 0.345. The number of aliphatic carboxylic acids is 1. The van der Waals surface area contributed by atoms with Crippen molar-refractivity contribution in [3.8, 4) is 0 Å². The first-order valence-corrected chi connectivity index (χ1v) is 7.95. The van der Waals surface area contributed by atoms with Crippen LogP contribution >= 0.6 is 0 Å². The third kappa shape index (κ3) is 5.00. The van der Waals surface area contributed by atoms with E-state index in [1.807, 2.05) is 0 Å². The van der Waals surface area contributed by atoms with Crippen LogP contribution < -0.4 is 9.62 Å². The molecular weight excluding hydrogens is 296 g/mol. The highest BCUT2D eigenvalue weighted by Gasteiger charge is 2.22. The van der Waals surface area contributed by atoms with Crippen molar-refractivity contribution >= 4 is 21.7 Å². The molecule has 8 heteroatoms. The van der Waals surface area contributed by atoms with Gasteiger partial charge < -0.3 is 14.7 Å². The number of hydrogen-bond acceptors (Lipinski definition) is 5. The van der Waals surface area contributed by atoms with Gasteiger partial charge in [0, 0.05) is 20.2 Å². The fourth-order valence-corrected chi connectivity index (χ4v) is 3.13. The predicted octanol–water partition coefficient (Wildman–Crippen LogP) is 0.522. The van der Waals surface area contributed by atoms with Gasteiger partial charge in [0.15, 0.2) is 0 Å². The monoisotopic (exact) mass is 316 g/mol. The normalized spacial score (nSPS) is 11.3. The van der Waals surface area contributed by atoms with Crippen molar-refractivity contribution in [1.82, 2.24) is 4.72 Å². The summed E-state index contributed by atoms with van der Waals surface area (Å²) in [6.07, 6.45) is 0. The summed E-state index contributed by atoms with van der Waals surface area (Å²) in [5, 5.41) is 8.99. The number of rotatable bonds is 9. The molecular formula is C13H20N2O5S. The van der Waals surface area contributed by atoms with Gasteiger partial charge in [-0.15, -0.1) is 0 Å². The number of para-hydroxylation sites is 1. The van der Waals surface area contributed by atoms with Gasteiger partial charge in [0.1, 0.15) is 11.4 Å². The number of anilines is 1. The summed E-state index contributed by atoms with van der Waals surface area (Å²) in [4.78, 5) is 12.5. The lowest BCUT2D eigenvalue weighted by Gasteiger charge is -2.25. The number of carbonyl (C=O) groups is 1. The van der Waals surface area contributed by atoms with E-state index >= 15 is 0 Å². The molecule has 0 fully saturated rings. The zero-order valence-electron chi connectivity index (χ0n) is 12.1. The zero-order valence-corrected chi connectivity index (χ0v) is 12.9. The van der Waals surface area contributed by atoms with E-state index in [0.29, 0.717) is 12.3 Å². The van der Waals surface area contributed by atoms with Gasteiger partial charge in [-0.25, -0.2) is 13.1 Å². The van der Waals surface area contributed by atoms with Gasteiger partial charge in [0.2, 0.25) is 10.0 Å². The first-order chi connectivity index (χ1) is 9.92. The topological polar surface area (TPSA) is 95.9 Å². The molecule has 118 valence electrons. The van der Waals surface area contributed by atoms with Crippen molar-refractivity contribution in [1.29, 1.82) is 0 Å². The fourth-order valence-electron chi connectivity index (χ4n) is 1.86. The highest BCUT2D eigenvalue weighted by Crippen LogP contribution is 2.24. The van der Waals surface area contributed by atoms with Gasteiger partial charge in [-0.1, -0.05) is 19.1 Å². The highest BCUT2D eigenvalue weighted by molar-refractivity contribution is 7.89. The first kappa shape index (κ1) is 17.4. The van der Waals surface area contributed by atoms with Crippen molar-refractivity contribution in [2.75, 3.05) is 38.3 Å². The standard InChI is InChI=1S/C13H20N2O5S/c1-3-14-21(18,19)12-7-5-4-6-11(12)15(8-9-20-2)10-13(16)17/h4-7,14H,3,8-10H2,1-2H3,(H,16,17). The number of ether oxygens (including phenoxy) is 1. The Labute approximate surface area is 124 Å². The largest absolute Gasteiger partial charge is 0.480 e. The molecule has 1 aromatic rings. The van der Waals surface area contributed by atoms with Crippen LogP contribution in [0.15, 0.2) is 29.2 Å². The smallest absolute Gasteiger partial charge is 0.323 e. The third-order valence-corrected chi connectivity index (χ3v) is 4.31. The second-order valence-electron chi connectivity index (χ2n) is 4.28. The number of methoxy groups -OCH3 is 1. The Kier molecular flexibility index (Phi) is 6.60. The van der Waals surface area contributed by atoms with Crippen LogP contribution in [0, 0.1) is 0 Å². The van der Waals surface area contributed by atoms with Crippen LogP contribution in [-0.4, -0.2) is 52.8 Å². The Hall–Kier alpha value is -1.64. The first-order valence-electron chi connectivity index (χ1n) is 6.46. The van der Waals surface area contributed by atoms with Gasteiger partial charge in [-0.2, -0.15) is 0 Å². The number of hydrogen-bond donors (Lipinski definition) is 2. The number of carboxylic acids is 1. The molecule has 1 rings (SSSR count). The lowest BCUT2D eigenvalue weighted by atomic mass is 10.3. The molecule has 0 heterocycles. The van der Waals surface area contributed by atoms with Crippen molar-refractivity contribution in [3.05, 3.63) is 24.3 Å². The summed E-state index contributed by atoms with van der Waals surface area (Å²) < 4.78 is 31.8. The molecule has 0 aliphatic heterocycles. The summed E-state index contributed by atoms with van der Waals surface area (Å²) in [7, 11) is -2.17. The Bertz CT molecular complexity index is 574. The van der Waals surface area contributed by atoms with Gasteiger partial charge in [0.05, 0.1) is 12.3 Å². The van der Waals surface area contributed by atoms with Crippen LogP contribution in [0.4, 0.5) is 5.69 Å². The van der Waals surface area contributed by atoms with E-state index in [9.17, 15) is 13.2 Å². The van der Waals surface area contributed by atoms with Gasteiger partial charge in [0.25, 0.3) is 0 Å². The van der Waals surface area contributed by atoms with Gasteiger partial charge >= 0.3 is 5.97 Å². The molecule has 1 aromatic carbocycles. The van der Waals surface area contributed by atoms with Crippen molar-refractivity contribution in [2.24, 2.45) is 0 Å². The maximum atomic E-state index is 12.2. The molecule has 0 unspecified atom stereocenters. The number of nitrogens with zero attached hydrogens (tertiary/aromatic N) is 1. The SMILES string of the molecule is CCNS(=O)(=O)c1ccccc1N(CCOC)CC(=O)O. The second kappa shape index (κ2) is 7.96. The van der Waals surface area contributed by atoms with E-state index in [1.165, 1.54) is 18.1 Å². The van der Waals surface area contributed by atoms with Crippen LogP contribution in [0.3, 0.4) is 0 Å². The molecule has 0 amide bonds. The number of nitrogens with one attached hydrogen (secondary N) is 1. The Morgan fingerprint density at radius 3 is 2.62 bits per heavy atom. The Morgan fingerprint density at radius 2 is 2.05 bits per heavy atom. The maximum Gasteiger partial charge on any atom is 0.323 e. The number of benzene rings is 1. The molecule has 0 aromatic heterocycles. The molecule has 0 bridgehead atoms. The Morgan fingerprint density at radius 1 is 1.38 bits per heavy atom. The second-order valence-corrected chi connectivity index (χ2v) is 6.01. The molecule has 0 aliphatic rings. The number of carboxylic acid groups (broad SMARTS) is 1. The fraction of sp³-hybridized carbons (Fsp3) is 0.462. The lowest BCUT2D eigenvalue weighted by molar-refractivity contribution is -0.135. The summed E-state index contributed by atoms with van der Waals surface area (Å²) in [6.45, 7) is 2.21. The minimum Gasteiger partial charge on any atom is -0.480 e. The van der Waals surface area contributed by atoms with E-state index in [2.05, 4.69) is 4.72 Å². The lowest BCUT2D eigenvalue weighted by Crippen LogP contribution is -2.34. The third-order valence-electron chi connectivity index (χ3n) is 2.72. The summed E-state index contributed by atoms with van der Waals surface area (Å²) in [5.74, 6) is -1.04. The summed E-state index contributed by atoms with van der Waals surface area (Å²) in [6, 6.07) is 6.31. The van der Waals surface area contributed by atoms with Crippen LogP contribution in [0.1, 0.15) is 6.92 Å².